The molecule has 0 atom stereocenters. The highest BCUT2D eigenvalue weighted by Crippen LogP contribution is 2.29. The van der Waals surface area contributed by atoms with Crippen LogP contribution in [0.4, 0.5) is 5.69 Å². The Morgan fingerprint density at radius 2 is 2.21 bits per heavy atom. The average molecular weight is 338 g/mol. The first-order chi connectivity index (χ1) is 11.7. The number of hydrogen-bond donors (Lipinski definition) is 1. The van der Waals surface area contributed by atoms with Gasteiger partial charge in [0.05, 0.1) is 12.8 Å². The molecule has 0 aliphatic heterocycles. The van der Waals surface area contributed by atoms with E-state index < -0.39 is 0 Å². The van der Waals surface area contributed by atoms with E-state index in [-0.39, 0.29) is 0 Å². The molecule has 0 amide bonds. The SMILES string of the molecule is COc1cccc(-c2nc3cc(N=C(NC#N)SC)ccc3o2)c1. The fourth-order valence-corrected chi connectivity index (χ4v) is 2.50. The van der Waals surface area contributed by atoms with E-state index in [1.807, 2.05) is 54.9 Å². The second-order valence-corrected chi connectivity index (χ2v) is 5.56. The third kappa shape index (κ3) is 3.34. The van der Waals surface area contributed by atoms with Gasteiger partial charge in [-0.2, -0.15) is 5.26 Å². The highest BCUT2D eigenvalue weighted by Gasteiger charge is 2.10. The summed E-state index contributed by atoms with van der Waals surface area (Å²) in [7, 11) is 1.62. The van der Waals surface area contributed by atoms with Crippen molar-refractivity contribution in [1.29, 1.82) is 5.26 Å². The van der Waals surface area contributed by atoms with Crippen molar-refractivity contribution in [3.8, 4) is 23.4 Å². The highest BCUT2D eigenvalue weighted by atomic mass is 32.2. The fourth-order valence-electron chi connectivity index (χ4n) is 2.15. The van der Waals surface area contributed by atoms with Crippen LogP contribution in [0.15, 0.2) is 51.9 Å². The molecule has 0 saturated carbocycles. The number of methoxy groups -OCH3 is 1. The summed E-state index contributed by atoms with van der Waals surface area (Å²) in [6.07, 6.45) is 3.71. The summed E-state index contributed by atoms with van der Waals surface area (Å²) in [5.41, 5.74) is 2.91. The number of aliphatic imine (C=N–C) groups is 1. The van der Waals surface area contributed by atoms with Crippen LogP contribution in [0.1, 0.15) is 0 Å². The maximum atomic E-state index is 8.70. The van der Waals surface area contributed by atoms with Gasteiger partial charge < -0.3 is 9.15 Å². The van der Waals surface area contributed by atoms with Crippen LogP contribution < -0.4 is 10.1 Å². The van der Waals surface area contributed by atoms with Crippen LogP contribution in [0.25, 0.3) is 22.6 Å². The number of nitriles is 1. The lowest BCUT2D eigenvalue weighted by atomic mass is 10.2. The first-order valence-electron chi connectivity index (χ1n) is 7.06. The maximum Gasteiger partial charge on any atom is 0.227 e. The molecule has 120 valence electrons. The third-order valence-electron chi connectivity index (χ3n) is 3.27. The molecule has 0 bridgehead atoms. The van der Waals surface area contributed by atoms with Gasteiger partial charge in [0.15, 0.2) is 16.9 Å². The zero-order valence-corrected chi connectivity index (χ0v) is 13.9. The van der Waals surface area contributed by atoms with E-state index in [2.05, 4.69) is 15.3 Å². The van der Waals surface area contributed by atoms with Gasteiger partial charge in [-0.25, -0.2) is 9.98 Å². The smallest absolute Gasteiger partial charge is 0.227 e. The molecule has 0 spiro atoms. The van der Waals surface area contributed by atoms with Gasteiger partial charge in [-0.15, -0.1) is 0 Å². The molecule has 6 nitrogen and oxygen atoms in total. The van der Waals surface area contributed by atoms with E-state index in [1.54, 1.807) is 7.11 Å². The Morgan fingerprint density at radius 3 is 2.96 bits per heavy atom. The molecule has 0 saturated heterocycles. The molecule has 0 unspecified atom stereocenters. The number of hydrogen-bond acceptors (Lipinski definition) is 6. The minimum Gasteiger partial charge on any atom is -0.497 e. The summed E-state index contributed by atoms with van der Waals surface area (Å²) >= 11 is 1.36. The van der Waals surface area contributed by atoms with E-state index in [9.17, 15) is 0 Å². The molecule has 3 rings (SSSR count). The molecule has 7 heteroatoms. The summed E-state index contributed by atoms with van der Waals surface area (Å²) in [5.74, 6) is 1.26. The number of amidine groups is 1. The van der Waals surface area contributed by atoms with Gasteiger partial charge in [-0.05, 0) is 42.7 Å². The van der Waals surface area contributed by atoms with Crippen molar-refractivity contribution in [2.45, 2.75) is 0 Å². The van der Waals surface area contributed by atoms with Gasteiger partial charge in [-0.3, -0.25) is 5.32 Å². The van der Waals surface area contributed by atoms with E-state index in [0.717, 1.165) is 11.3 Å². The van der Waals surface area contributed by atoms with E-state index in [1.165, 1.54) is 11.8 Å². The molecule has 3 aromatic rings. The number of ether oxygens (including phenoxy) is 1. The Labute approximate surface area is 143 Å². The van der Waals surface area contributed by atoms with Crippen molar-refractivity contribution < 1.29 is 9.15 Å². The van der Waals surface area contributed by atoms with E-state index in [0.29, 0.717) is 27.8 Å². The largest absolute Gasteiger partial charge is 0.497 e. The number of fused-ring (bicyclic) bond motifs is 1. The predicted octanol–water partition coefficient (Wildman–Crippen LogP) is 3.92. The molecular weight excluding hydrogens is 324 g/mol. The van der Waals surface area contributed by atoms with E-state index in [4.69, 9.17) is 14.4 Å². The van der Waals surface area contributed by atoms with Crippen molar-refractivity contribution in [1.82, 2.24) is 10.3 Å². The van der Waals surface area contributed by atoms with Crippen molar-refractivity contribution in [3.63, 3.8) is 0 Å². The zero-order valence-electron chi connectivity index (χ0n) is 13.1. The fraction of sp³-hybridized carbons (Fsp3) is 0.118. The second kappa shape index (κ2) is 7.06. The zero-order chi connectivity index (χ0) is 16.9. The Hall–Kier alpha value is -2.98. The number of aromatic nitrogens is 1. The van der Waals surface area contributed by atoms with Crippen LogP contribution in [0, 0.1) is 11.5 Å². The molecule has 24 heavy (non-hydrogen) atoms. The lowest BCUT2D eigenvalue weighted by Gasteiger charge is -2.00. The quantitative estimate of drug-likeness (QED) is 0.337. The summed E-state index contributed by atoms with van der Waals surface area (Å²) in [4.78, 5) is 8.89. The maximum absolute atomic E-state index is 8.70. The molecule has 0 radical (unpaired) electrons. The number of rotatable bonds is 3. The number of benzene rings is 2. The van der Waals surface area contributed by atoms with Crippen LogP contribution in [-0.2, 0) is 0 Å². The first kappa shape index (κ1) is 15.9. The Bertz CT molecular complexity index is 943. The minimum absolute atomic E-state index is 0.519. The predicted molar refractivity (Wildman–Crippen MR) is 95.4 cm³/mol. The normalized spacial score (nSPS) is 11.3. The van der Waals surface area contributed by atoms with Crippen LogP contribution in [-0.4, -0.2) is 23.5 Å². The van der Waals surface area contributed by atoms with Crippen molar-refractivity contribution in [3.05, 3.63) is 42.5 Å². The summed E-state index contributed by atoms with van der Waals surface area (Å²) in [5, 5.41) is 11.8. The van der Waals surface area contributed by atoms with Crippen molar-refractivity contribution in [2.75, 3.05) is 13.4 Å². The van der Waals surface area contributed by atoms with Crippen LogP contribution in [0.2, 0.25) is 0 Å². The van der Waals surface area contributed by atoms with Crippen molar-refractivity contribution >= 4 is 33.7 Å². The summed E-state index contributed by atoms with van der Waals surface area (Å²) in [6.45, 7) is 0. The highest BCUT2D eigenvalue weighted by molar-refractivity contribution is 8.13. The number of oxazole rings is 1. The van der Waals surface area contributed by atoms with E-state index >= 15 is 0 Å². The van der Waals surface area contributed by atoms with Gasteiger partial charge in [0, 0.05) is 5.56 Å². The average Bonchev–Trinajstić information content (AvgIpc) is 3.04. The molecule has 1 aromatic heterocycles. The standard InChI is InChI=1S/C17H14N4O2S/c1-22-13-5-3-4-11(8-13)16-21-14-9-12(6-7-15(14)23-16)20-17(24-2)19-10-18/h3-9H,1-2H3,(H,19,20). The van der Waals surface area contributed by atoms with Crippen LogP contribution >= 0.6 is 11.8 Å². The summed E-state index contributed by atoms with van der Waals surface area (Å²) in [6, 6.07) is 13.0. The molecule has 1 heterocycles. The summed E-state index contributed by atoms with van der Waals surface area (Å²) < 4.78 is 11.0. The number of nitrogens with zero attached hydrogens (tertiary/aromatic N) is 3. The lowest BCUT2D eigenvalue weighted by Crippen LogP contribution is -2.12. The monoisotopic (exact) mass is 338 g/mol. The van der Waals surface area contributed by atoms with Crippen LogP contribution in [0.3, 0.4) is 0 Å². The first-order valence-corrected chi connectivity index (χ1v) is 8.29. The second-order valence-electron chi connectivity index (χ2n) is 4.76. The topological polar surface area (TPSA) is 83.4 Å². The Morgan fingerprint density at radius 1 is 1.33 bits per heavy atom. The third-order valence-corrected chi connectivity index (χ3v) is 3.85. The van der Waals surface area contributed by atoms with Crippen molar-refractivity contribution in [2.24, 2.45) is 4.99 Å². The van der Waals surface area contributed by atoms with Gasteiger partial charge >= 0.3 is 0 Å². The minimum atomic E-state index is 0.519. The number of nitrogens with one attached hydrogen (secondary N) is 1. The molecule has 1 N–H and O–H groups in total. The molecule has 0 aliphatic rings. The molecule has 2 aromatic carbocycles. The molecular formula is C17H14N4O2S. The Kier molecular flexibility index (Phi) is 4.68. The Balaban J connectivity index is 1.98. The van der Waals surface area contributed by atoms with Gasteiger partial charge in [0.1, 0.15) is 11.3 Å². The lowest BCUT2D eigenvalue weighted by molar-refractivity contribution is 0.415. The molecule has 0 fully saturated rings. The van der Waals surface area contributed by atoms with Gasteiger partial charge in [0.25, 0.3) is 0 Å². The van der Waals surface area contributed by atoms with Gasteiger partial charge in [-0.1, -0.05) is 17.8 Å². The van der Waals surface area contributed by atoms with Gasteiger partial charge in [0.2, 0.25) is 5.89 Å². The van der Waals surface area contributed by atoms with Crippen LogP contribution in [0.5, 0.6) is 5.75 Å². The number of thioether (sulfide) groups is 1. The molecule has 0 aliphatic carbocycles.